The number of hydrogen-bond donors (Lipinski definition) is 4. The lowest BCUT2D eigenvalue weighted by Crippen LogP contribution is -2.29. The van der Waals surface area contributed by atoms with E-state index in [1.807, 2.05) is 6.92 Å². The number of aliphatic hydroxyl groups excluding tert-OH is 1. The summed E-state index contributed by atoms with van der Waals surface area (Å²) in [7, 11) is 0. The van der Waals surface area contributed by atoms with Crippen LogP contribution in [0.4, 0.5) is 11.8 Å². The largest absolute Gasteiger partial charge is 0.393 e. The van der Waals surface area contributed by atoms with Crippen molar-refractivity contribution in [2.75, 3.05) is 10.6 Å². The number of amides is 1. The number of rotatable bonds is 6. The van der Waals surface area contributed by atoms with Gasteiger partial charge in [0.2, 0.25) is 5.95 Å². The first-order valence-corrected chi connectivity index (χ1v) is 7.87. The lowest BCUT2D eigenvalue weighted by atomic mass is 9.93. The molecule has 0 aliphatic heterocycles. The molecule has 1 aliphatic carbocycles. The minimum Gasteiger partial charge on any atom is -0.393 e. The third kappa shape index (κ3) is 4.30. The van der Waals surface area contributed by atoms with Gasteiger partial charge in [-0.3, -0.25) is 4.79 Å². The van der Waals surface area contributed by atoms with Gasteiger partial charge >= 0.3 is 0 Å². The van der Waals surface area contributed by atoms with Crippen LogP contribution in [0.3, 0.4) is 0 Å². The standard InChI is InChI=1S/C15H25N5O2/c1-3-9(2)18-14-12(13(16)22)8-17-15(20-14)19-10-4-6-11(21)7-5-10/h8-11,21H,3-7H2,1-2H3,(H2,16,22)(H2,17,18,19,20). The van der Waals surface area contributed by atoms with Gasteiger partial charge in [-0.25, -0.2) is 4.98 Å². The molecule has 2 rings (SSSR count). The van der Waals surface area contributed by atoms with Gasteiger partial charge in [0.25, 0.3) is 5.91 Å². The number of aromatic nitrogens is 2. The monoisotopic (exact) mass is 307 g/mol. The molecule has 1 atom stereocenters. The summed E-state index contributed by atoms with van der Waals surface area (Å²) in [4.78, 5) is 20.1. The molecule has 0 spiro atoms. The Morgan fingerprint density at radius 3 is 2.73 bits per heavy atom. The third-order valence-electron chi connectivity index (χ3n) is 4.08. The lowest BCUT2D eigenvalue weighted by Gasteiger charge is -2.26. The van der Waals surface area contributed by atoms with Gasteiger partial charge in [-0.1, -0.05) is 6.92 Å². The van der Waals surface area contributed by atoms with Gasteiger partial charge in [0, 0.05) is 18.3 Å². The molecule has 0 bridgehead atoms. The number of anilines is 2. The van der Waals surface area contributed by atoms with Crippen LogP contribution in [0.15, 0.2) is 6.20 Å². The van der Waals surface area contributed by atoms with Crippen molar-refractivity contribution in [3.05, 3.63) is 11.8 Å². The summed E-state index contributed by atoms with van der Waals surface area (Å²) in [5, 5.41) is 16.0. The number of aliphatic hydroxyl groups is 1. The number of nitrogens with zero attached hydrogens (tertiary/aromatic N) is 2. The van der Waals surface area contributed by atoms with Gasteiger partial charge in [0.15, 0.2) is 0 Å². The van der Waals surface area contributed by atoms with Gasteiger partial charge in [0.1, 0.15) is 5.82 Å². The number of nitrogens with two attached hydrogens (primary N) is 1. The number of nitrogens with one attached hydrogen (secondary N) is 2. The lowest BCUT2D eigenvalue weighted by molar-refractivity contribution is 0.100. The van der Waals surface area contributed by atoms with Gasteiger partial charge < -0.3 is 21.5 Å². The number of primary amides is 1. The maximum absolute atomic E-state index is 11.5. The summed E-state index contributed by atoms with van der Waals surface area (Å²) < 4.78 is 0. The SMILES string of the molecule is CCC(C)Nc1nc(NC2CCC(O)CC2)ncc1C(N)=O. The summed E-state index contributed by atoms with van der Waals surface area (Å²) in [6.07, 6.45) is 5.51. The highest BCUT2D eigenvalue weighted by molar-refractivity contribution is 5.97. The summed E-state index contributed by atoms with van der Waals surface area (Å²) >= 11 is 0. The third-order valence-corrected chi connectivity index (χ3v) is 4.08. The molecule has 22 heavy (non-hydrogen) atoms. The fourth-order valence-corrected chi connectivity index (χ4v) is 2.48. The zero-order valence-electron chi connectivity index (χ0n) is 13.2. The van der Waals surface area contributed by atoms with Gasteiger partial charge in [-0.05, 0) is 39.0 Å². The molecule has 0 aromatic carbocycles. The predicted molar refractivity (Wildman–Crippen MR) is 85.8 cm³/mol. The van der Waals surface area contributed by atoms with E-state index in [-0.39, 0.29) is 18.2 Å². The molecular weight excluding hydrogens is 282 g/mol. The van der Waals surface area contributed by atoms with Crippen LogP contribution in [0.2, 0.25) is 0 Å². The molecule has 0 saturated heterocycles. The van der Waals surface area contributed by atoms with E-state index >= 15 is 0 Å². The van der Waals surface area contributed by atoms with Crippen molar-refractivity contribution >= 4 is 17.7 Å². The Balaban J connectivity index is 2.11. The molecule has 1 unspecified atom stereocenters. The molecule has 1 fully saturated rings. The summed E-state index contributed by atoms with van der Waals surface area (Å²) in [6.45, 7) is 4.07. The Morgan fingerprint density at radius 1 is 1.45 bits per heavy atom. The van der Waals surface area contributed by atoms with E-state index in [1.165, 1.54) is 6.20 Å². The van der Waals surface area contributed by atoms with Crippen LogP contribution in [-0.4, -0.2) is 39.2 Å². The molecule has 1 heterocycles. The second-order valence-corrected chi connectivity index (χ2v) is 5.92. The minimum absolute atomic E-state index is 0.186. The van der Waals surface area contributed by atoms with Crippen molar-refractivity contribution in [2.45, 2.75) is 64.1 Å². The maximum atomic E-state index is 11.5. The molecule has 0 radical (unpaired) electrons. The van der Waals surface area contributed by atoms with Crippen molar-refractivity contribution in [3.63, 3.8) is 0 Å². The van der Waals surface area contributed by atoms with Crippen LogP contribution in [0.25, 0.3) is 0 Å². The average molecular weight is 307 g/mol. The minimum atomic E-state index is -0.543. The first kappa shape index (κ1) is 16.5. The first-order chi connectivity index (χ1) is 10.5. The highest BCUT2D eigenvalue weighted by atomic mass is 16.3. The van der Waals surface area contributed by atoms with Crippen molar-refractivity contribution in [2.24, 2.45) is 5.73 Å². The Morgan fingerprint density at radius 2 is 2.14 bits per heavy atom. The molecule has 1 aromatic rings. The molecule has 1 saturated carbocycles. The second kappa shape index (κ2) is 7.40. The number of carbonyl (C=O) groups is 1. The molecule has 7 heteroatoms. The molecule has 122 valence electrons. The number of carbonyl (C=O) groups excluding carboxylic acids is 1. The van der Waals surface area contributed by atoms with Gasteiger partial charge in [-0.15, -0.1) is 0 Å². The molecule has 1 aromatic heterocycles. The van der Waals surface area contributed by atoms with Crippen molar-refractivity contribution in [1.29, 1.82) is 0 Å². The van der Waals surface area contributed by atoms with Crippen molar-refractivity contribution < 1.29 is 9.90 Å². The Labute approximate surface area is 130 Å². The normalized spacial score (nSPS) is 22.9. The van der Waals surface area contributed by atoms with Crippen LogP contribution >= 0.6 is 0 Å². The average Bonchev–Trinajstić information content (AvgIpc) is 2.49. The fraction of sp³-hybridized carbons (Fsp3) is 0.667. The smallest absolute Gasteiger partial charge is 0.254 e. The Hall–Kier alpha value is -1.89. The molecule has 1 aliphatic rings. The van der Waals surface area contributed by atoms with E-state index in [4.69, 9.17) is 5.73 Å². The molecule has 7 nitrogen and oxygen atoms in total. The highest BCUT2D eigenvalue weighted by Crippen LogP contribution is 2.22. The predicted octanol–water partition coefficient (Wildman–Crippen LogP) is 1.50. The van der Waals surface area contributed by atoms with Crippen LogP contribution < -0.4 is 16.4 Å². The van der Waals surface area contributed by atoms with Gasteiger partial charge in [-0.2, -0.15) is 4.98 Å². The second-order valence-electron chi connectivity index (χ2n) is 5.92. The number of hydrogen-bond acceptors (Lipinski definition) is 6. The zero-order valence-corrected chi connectivity index (χ0v) is 13.2. The van der Waals surface area contributed by atoms with E-state index in [9.17, 15) is 9.90 Å². The van der Waals surface area contributed by atoms with Crippen molar-refractivity contribution in [1.82, 2.24) is 9.97 Å². The van der Waals surface area contributed by atoms with E-state index in [0.29, 0.717) is 17.3 Å². The molecule has 5 N–H and O–H groups in total. The Kier molecular flexibility index (Phi) is 5.54. The fourth-order valence-electron chi connectivity index (χ4n) is 2.48. The maximum Gasteiger partial charge on any atom is 0.254 e. The van der Waals surface area contributed by atoms with Crippen LogP contribution in [0.5, 0.6) is 0 Å². The summed E-state index contributed by atoms with van der Waals surface area (Å²) in [6, 6.07) is 0.435. The Bertz CT molecular complexity index is 515. The van der Waals surface area contributed by atoms with Gasteiger partial charge in [0.05, 0.1) is 11.7 Å². The van der Waals surface area contributed by atoms with E-state index in [2.05, 4.69) is 27.5 Å². The molecule has 1 amide bonds. The van der Waals surface area contributed by atoms with E-state index in [0.717, 1.165) is 32.1 Å². The zero-order chi connectivity index (χ0) is 16.1. The van der Waals surface area contributed by atoms with Crippen LogP contribution in [-0.2, 0) is 0 Å². The highest BCUT2D eigenvalue weighted by Gasteiger charge is 2.21. The van der Waals surface area contributed by atoms with Crippen LogP contribution in [0.1, 0.15) is 56.3 Å². The van der Waals surface area contributed by atoms with Crippen LogP contribution in [0, 0.1) is 0 Å². The first-order valence-electron chi connectivity index (χ1n) is 7.87. The van der Waals surface area contributed by atoms with E-state index < -0.39 is 5.91 Å². The van der Waals surface area contributed by atoms with Crippen molar-refractivity contribution in [3.8, 4) is 0 Å². The quantitative estimate of drug-likeness (QED) is 0.633. The van der Waals surface area contributed by atoms with E-state index in [1.54, 1.807) is 0 Å². The summed E-state index contributed by atoms with van der Waals surface area (Å²) in [5.74, 6) is 0.408. The summed E-state index contributed by atoms with van der Waals surface area (Å²) in [5.41, 5.74) is 5.67. The topological polar surface area (TPSA) is 113 Å². The molecular formula is C15H25N5O2.